The minimum Gasteiger partial charge on any atom is -0.377 e. The third kappa shape index (κ3) is 9.73. The lowest BCUT2D eigenvalue weighted by molar-refractivity contribution is 0.0146. The van der Waals surface area contributed by atoms with E-state index in [4.69, 9.17) is 18.4 Å². The molecule has 172 valence electrons. The molecule has 0 bridgehead atoms. The number of carbonyl (C=O) groups excluding carboxylic acids is 1. The number of Topliss-reactive ketones (excluding diaryl/α,β-unsaturated/α-hetero) is 1. The number of ketones is 1. The van der Waals surface area contributed by atoms with Gasteiger partial charge in [0.2, 0.25) is 0 Å². The van der Waals surface area contributed by atoms with Gasteiger partial charge < -0.3 is 14.2 Å². The molecule has 2 rings (SSSR count). The summed E-state index contributed by atoms with van der Waals surface area (Å²) < 4.78 is 45.0. The van der Waals surface area contributed by atoms with Gasteiger partial charge in [-0.3, -0.25) is 8.98 Å². The highest BCUT2D eigenvalue weighted by Gasteiger charge is 2.14. The van der Waals surface area contributed by atoms with Gasteiger partial charge in [0, 0.05) is 11.1 Å². The fraction of sp³-hybridized carbons (Fsp3) is 0.375. The van der Waals surface area contributed by atoms with Crippen molar-refractivity contribution in [2.45, 2.75) is 18.7 Å². The molecule has 2 aromatic carbocycles. The molecule has 0 unspecified atom stereocenters. The van der Waals surface area contributed by atoms with Crippen LogP contribution in [0.4, 0.5) is 0 Å². The Morgan fingerprint density at radius 3 is 2.16 bits per heavy atom. The van der Waals surface area contributed by atoms with Gasteiger partial charge in [-0.1, -0.05) is 41.7 Å². The predicted octanol–water partition coefficient (Wildman–Crippen LogP) is 3.00. The van der Waals surface area contributed by atoms with E-state index in [0.717, 1.165) is 11.1 Å². The SMILES string of the molecule is CC(=O)c1cccc(C#CCOCCOCCOCCOS(=O)(=O)c2ccc(C)cc2)c1. The molecule has 0 atom stereocenters. The number of hydrogen-bond donors (Lipinski definition) is 0. The van der Waals surface area contributed by atoms with E-state index in [1.807, 2.05) is 13.0 Å². The molecular formula is C24H28O7S. The van der Waals surface area contributed by atoms with E-state index in [1.54, 1.807) is 30.3 Å². The van der Waals surface area contributed by atoms with Crippen LogP contribution in [-0.4, -0.2) is 60.4 Å². The molecule has 2 aromatic rings. The molecule has 8 heteroatoms. The zero-order valence-corrected chi connectivity index (χ0v) is 19.2. The summed E-state index contributed by atoms with van der Waals surface area (Å²) in [5.41, 5.74) is 2.38. The Morgan fingerprint density at radius 1 is 0.875 bits per heavy atom. The number of ether oxygens (including phenoxy) is 3. The monoisotopic (exact) mass is 460 g/mol. The second-order valence-electron chi connectivity index (χ2n) is 6.81. The topological polar surface area (TPSA) is 88.1 Å². The molecule has 0 aliphatic heterocycles. The van der Waals surface area contributed by atoms with Crippen molar-refractivity contribution in [2.75, 3.05) is 46.2 Å². The van der Waals surface area contributed by atoms with Crippen molar-refractivity contribution >= 4 is 15.9 Å². The van der Waals surface area contributed by atoms with Gasteiger partial charge in [-0.15, -0.1) is 0 Å². The highest BCUT2D eigenvalue weighted by atomic mass is 32.2. The molecule has 0 aromatic heterocycles. The van der Waals surface area contributed by atoms with Crippen LogP contribution in [-0.2, 0) is 28.5 Å². The summed E-state index contributed by atoms with van der Waals surface area (Å²) in [6.45, 7) is 5.20. The molecule has 0 spiro atoms. The van der Waals surface area contributed by atoms with Gasteiger partial charge in [0.15, 0.2) is 5.78 Å². The van der Waals surface area contributed by atoms with Gasteiger partial charge in [0.05, 0.1) is 44.5 Å². The van der Waals surface area contributed by atoms with E-state index in [9.17, 15) is 13.2 Å². The Labute approximate surface area is 189 Å². The quantitative estimate of drug-likeness (QED) is 0.196. The van der Waals surface area contributed by atoms with Gasteiger partial charge in [-0.05, 0) is 38.1 Å². The van der Waals surface area contributed by atoms with Crippen LogP contribution in [0.5, 0.6) is 0 Å². The summed E-state index contributed by atoms with van der Waals surface area (Å²) in [7, 11) is -3.77. The number of aryl methyl sites for hydroxylation is 1. The van der Waals surface area contributed by atoms with Crippen molar-refractivity contribution < 1.29 is 31.6 Å². The average molecular weight is 461 g/mol. The average Bonchev–Trinajstić information content (AvgIpc) is 2.77. The number of hydrogen-bond acceptors (Lipinski definition) is 7. The summed E-state index contributed by atoms with van der Waals surface area (Å²) in [6.07, 6.45) is 0. The van der Waals surface area contributed by atoms with Crippen LogP contribution in [0.15, 0.2) is 53.4 Å². The highest BCUT2D eigenvalue weighted by molar-refractivity contribution is 7.86. The van der Waals surface area contributed by atoms with Crippen LogP contribution in [0.25, 0.3) is 0 Å². The van der Waals surface area contributed by atoms with E-state index >= 15 is 0 Å². The van der Waals surface area contributed by atoms with Crippen molar-refractivity contribution in [3.05, 3.63) is 65.2 Å². The van der Waals surface area contributed by atoms with Gasteiger partial charge in [-0.25, -0.2) is 0 Å². The number of carbonyl (C=O) groups is 1. The molecule has 0 heterocycles. The second kappa shape index (κ2) is 13.8. The largest absolute Gasteiger partial charge is 0.377 e. The molecule has 0 saturated carbocycles. The third-order valence-corrected chi connectivity index (χ3v) is 5.52. The van der Waals surface area contributed by atoms with Crippen LogP contribution < -0.4 is 0 Å². The molecule has 7 nitrogen and oxygen atoms in total. The molecule has 32 heavy (non-hydrogen) atoms. The second-order valence-corrected chi connectivity index (χ2v) is 8.42. The van der Waals surface area contributed by atoms with Crippen molar-refractivity contribution in [1.29, 1.82) is 0 Å². The first kappa shape index (κ1) is 25.7. The summed E-state index contributed by atoms with van der Waals surface area (Å²) in [4.78, 5) is 11.5. The fourth-order valence-corrected chi connectivity index (χ4v) is 3.39. The lowest BCUT2D eigenvalue weighted by Crippen LogP contribution is -2.14. The minimum absolute atomic E-state index is 0.00540. The lowest BCUT2D eigenvalue weighted by Gasteiger charge is -2.07. The van der Waals surface area contributed by atoms with Crippen molar-refractivity contribution in [2.24, 2.45) is 0 Å². The Kier molecular flexibility index (Phi) is 11.1. The normalized spacial score (nSPS) is 11.1. The summed E-state index contributed by atoms with van der Waals surface area (Å²) >= 11 is 0. The maximum atomic E-state index is 12.0. The van der Waals surface area contributed by atoms with Gasteiger partial charge in [-0.2, -0.15) is 8.42 Å². The lowest BCUT2D eigenvalue weighted by atomic mass is 10.1. The predicted molar refractivity (Wildman–Crippen MR) is 120 cm³/mol. The maximum Gasteiger partial charge on any atom is 0.297 e. The first-order valence-electron chi connectivity index (χ1n) is 10.2. The molecule has 0 saturated heterocycles. The van der Waals surface area contributed by atoms with Crippen molar-refractivity contribution in [3.63, 3.8) is 0 Å². The summed E-state index contributed by atoms with van der Waals surface area (Å²) in [6, 6.07) is 13.6. The van der Waals surface area contributed by atoms with E-state index in [1.165, 1.54) is 19.1 Å². The van der Waals surface area contributed by atoms with E-state index < -0.39 is 10.1 Å². The zero-order chi connectivity index (χ0) is 23.2. The van der Waals surface area contributed by atoms with Gasteiger partial charge >= 0.3 is 0 Å². The molecular weight excluding hydrogens is 432 g/mol. The Morgan fingerprint density at radius 2 is 1.50 bits per heavy atom. The Hall–Kier alpha value is -2.54. The first-order valence-corrected chi connectivity index (χ1v) is 11.6. The van der Waals surface area contributed by atoms with Gasteiger partial charge in [0.1, 0.15) is 6.61 Å². The van der Waals surface area contributed by atoms with Gasteiger partial charge in [0.25, 0.3) is 10.1 Å². The van der Waals surface area contributed by atoms with Crippen LogP contribution in [0.1, 0.15) is 28.4 Å². The molecule has 0 N–H and O–H groups in total. The van der Waals surface area contributed by atoms with E-state index in [-0.39, 0.29) is 30.5 Å². The smallest absolute Gasteiger partial charge is 0.297 e. The first-order chi connectivity index (χ1) is 15.4. The molecule has 0 fully saturated rings. The van der Waals surface area contributed by atoms with E-state index in [0.29, 0.717) is 32.0 Å². The highest BCUT2D eigenvalue weighted by Crippen LogP contribution is 2.12. The third-order valence-electron chi connectivity index (χ3n) is 4.20. The van der Waals surface area contributed by atoms with Crippen LogP contribution >= 0.6 is 0 Å². The zero-order valence-electron chi connectivity index (χ0n) is 18.3. The Balaban J connectivity index is 1.47. The maximum absolute atomic E-state index is 12.0. The van der Waals surface area contributed by atoms with Crippen molar-refractivity contribution in [1.82, 2.24) is 0 Å². The van der Waals surface area contributed by atoms with Crippen LogP contribution in [0.3, 0.4) is 0 Å². The molecule has 0 aliphatic rings. The van der Waals surface area contributed by atoms with E-state index in [2.05, 4.69) is 11.8 Å². The van der Waals surface area contributed by atoms with Crippen LogP contribution in [0.2, 0.25) is 0 Å². The van der Waals surface area contributed by atoms with Crippen LogP contribution in [0, 0.1) is 18.8 Å². The molecule has 0 amide bonds. The molecule has 0 radical (unpaired) electrons. The fourth-order valence-electron chi connectivity index (χ4n) is 2.49. The number of benzene rings is 2. The minimum atomic E-state index is -3.77. The van der Waals surface area contributed by atoms with Crippen molar-refractivity contribution in [3.8, 4) is 11.8 Å². The number of rotatable bonds is 13. The standard InChI is InChI=1S/C24H28O7S/c1-20-8-10-24(11-9-20)32(26,27)31-18-17-30-16-15-29-14-13-28-12-4-6-22-5-3-7-23(19-22)21(2)25/h3,5,7-11,19H,12-18H2,1-2H3. The summed E-state index contributed by atoms with van der Waals surface area (Å²) in [5, 5.41) is 0. The Bertz CT molecular complexity index is 1020. The summed E-state index contributed by atoms with van der Waals surface area (Å²) in [5.74, 6) is 5.85. The molecule has 0 aliphatic carbocycles.